The molecule has 13 nitrogen and oxygen atoms in total. The van der Waals surface area contributed by atoms with Crippen molar-refractivity contribution in [1.29, 1.82) is 0 Å². The quantitative estimate of drug-likeness (QED) is 0.201. The van der Waals surface area contributed by atoms with E-state index in [9.17, 15) is 27.2 Å². The Hall–Kier alpha value is -4.05. The number of aromatic amines is 1. The van der Waals surface area contributed by atoms with Crippen molar-refractivity contribution < 1.29 is 31.9 Å². The van der Waals surface area contributed by atoms with Crippen LogP contribution in [-0.4, -0.2) is 54.9 Å². The van der Waals surface area contributed by atoms with Crippen molar-refractivity contribution in [3.63, 3.8) is 0 Å². The number of H-pyrrole nitrogens is 1. The Kier molecular flexibility index (Phi) is 7.46. The SMILES string of the molecule is FC(F)(F)Cn1ncc2cccnc21.O=c1[nH]c(=O)n(COP(O)O)cc1-c1cc(C2CC2)c2ncc(F)n2n1. The third-order valence-corrected chi connectivity index (χ3v) is 6.14. The number of fused-ring (bicyclic) bond motifs is 2. The average molecular weight is 582 g/mol. The largest absolute Gasteiger partial charge is 0.408 e. The summed E-state index contributed by atoms with van der Waals surface area (Å²) < 4.78 is 57.6. The van der Waals surface area contributed by atoms with Gasteiger partial charge in [0.25, 0.3) is 5.56 Å². The molecule has 40 heavy (non-hydrogen) atoms. The van der Waals surface area contributed by atoms with Crippen LogP contribution in [0.5, 0.6) is 0 Å². The first-order valence-electron chi connectivity index (χ1n) is 11.5. The number of nitrogens with zero attached hydrogens (tertiary/aromatic N) is 7. The molecule has 0 amide bonds. The van der Waals surface area contributed by atoms with Gasteiger partial charge >= 0.3 is 20.5 Å². The Morgan fingerprint density at radius 2 is 1.93 bits per heavy atom. The van der Waals surface area contributed by atoms with E-state index in [-0.39, 0.29) is 22.8 Å². The van der Waals surface area contributed by atoms with Crippen molar-refractivity contribution in [2.24, 2.45) is 0 Å². The van der Waals surface area contributed by atoms with Crippen LogP contribution in [0.15, 0.2) is 52.6 Å². The second-order valence-electron chi connectivity index (χ2n) is 8.69. The number of nitrogens with one attached hydrogen (secondary N) is 1. The molecule has 210 valence electrons. The standard InChI is InChI=1S/C14H13FN5O5P.C8H6F3N3/c15-11-4-16-12-8(7-1-2-7)3-10(18-20(11)12)9-5-19(6-25-26(23)24)14(22)17-13(9)21;9-8(10,11)5-14-7-6(4-13-14)2-1-3-12-7/h3-5,7,23-24H,1-2,6H2,(H,17,21,22);1-4H,5H2. The summed E-state index contributed by atoms with van der Waals surface area (Å²) in [7, 11) is -2.66. The van der Waals surface area contributed by atoms with Crippen LogP contribution < -0.4 is 11.2 Å². The number of hydrogen-bond acceptors (Lipinski definition) is 9. The van der Waals surface area contributed by atoms with Crippen molar-refractivity contribution in [1.82, 2.24) is 38.9 Å². The Labute approximate surface area is 221 Å². The summed E-state index contributed by atoms with van der Waals surface area (Å²) in [5, 5.41) is 8.33. The van der Waals surface area contributed by atoms with Crippen LogP contribution in [0.1, 0.15) is 24.3 Å². The van der Waals surface area contributed by atoms with Crippen LogP contribution in [0.4, 0.5) is 17.6 Å². The topological polar surface area (TPSA) is 165 Å². The van der Waals surface area contributed by atoms with E-state index in [0.29, 0.717) is 11.0 Å². The summed E-state index contributed by atoms with van der Waals surface area (Å²) in [5.74, 6) is -0.440. The third-order valence-electron chi connectivity index (χ3n) is 5.80. The highest BCUT2D eigenvalue weighted by Gasteiger charge is 2.30. The number of pyridine rings is 1. The number of aromatic nitrogens is 8. The molecule has 0 saturated heterocycles. The fourth-order valence-corrected chi connectivity index (χ4v) is 4.12. The van der Waals surface area contributed by atoms with Gasteiger partial charge in [-0.25, -0.2) is 19.4 Å². The molecule has 0 unspecified atom stereocenters. The van der Waals surface area contributed by atoms with Crippen LogP contribution in [-0.2, 0) is 17.8 Å². The van der Waals surface area contributed by atoms with Crippen LogP contribution in [0.25, 0.3) is 27.9 Å². The Morgan fingerprint density at radius 1 is 1.15 bits per heavy atom. The van der Waals surface area contributed by atoms with Gasteiger partial charge in [-0.05, 0) is 37.0 Å². The summed E-state index contributed by atoms with van der Waals surface area (Å²) in [5.41, 5.74) is 0.134. The van der Waals surface area contributed by atoms with E-state index < -0.39 is 45.3 Å². The molecular weight excluding hydrogens is 563 g/mol. The van der Waals surface area contributed by atoms with E-state index in [1.54, 1.807) is 18.2 Å². The fraction of sp³-hybridized carbons (Fsp3) is 0.273. The Morgan fingerprint density at radius 3 is 2.62 bits per heavy atom. The zero-order valence-electron chi connectivity index (χ0n) is 20.2. The summed E-state index contributed by atoms with van der Waals surface area (Å²) >= 11 is 0. The Balaban J connectivity index is 0.000000194. The minimum absolute atomic E-state index is 0.0188. The van der Waals surface area contributed by atoms with Crippen LogP contribution in [0.3, 0.4) is 0 Å². The predicted octanol–water partition coefficient (Wildman–Crippen LogP) is 2.44. The fourth-order valence-electron chi connectivity index (χ4n) is 3.89. The van der Waals surface area contributed by atoms with E-state index in [2.05, 4.69) is 29.7 Å². The molecule has 1 aliphatic carbocycles. The molecule has 0 radical (unpaired) electrons. The van der Waals surface area contributed by atoms with Gasteiger partial charge in [0, 0.05) is 23.3 Å². The van der Waals surface area contributed by atoms with Crippen LogP contribution in [0.2, 0.25) is 0 Å². The molecule has 0 atom stereocenters. The lowest BCUT2D eigenvalue weighted by Crippen LogP contribution is -2.31. The van der Waals surface area contributed by atoms with E-state index in [1.165, 1.54) is 18.6 Å². The van der Waals surface area contributed by atoms with Gasteiger partial charge in [0.2, 0.25) is 5.95 Å². The maximum Gasteiger partial charge on any atom is 0.408 e. The van der Waals surface area contributed by atoms with Crippen molar-refractivity contribution in [2.75, 3.05) is 0 Å². The molecule has 1 saturated carbocycles. The molecular formula is C22H19F4N8O5P. The zero-order valence-corrected chi connectivity index (χ0v) is 21.1. The van der Waals surface area contributed by atoms with Crippen molar-refractivity contribution in [3.8, 4) is 11.3 Å². The first-order chi connectivity index (χ1) is 19.0. The maximum atomic E-state index is 14.0. The summed E-state index contributed by atoms with van der Waals surface area (Å²) in [6, 6.07) is 4.98. The van der Waals surface area contributed by atoms with Gasteiger partial charge in [0.15, 0.2) is 11.3 Å². The zero-order chi connectivity index (χ0) is 28.6. The smallest absolute Gasteiger partial charge is 0.328 e. The van der Waals surface area contributed by atoms with Crippen molar-refractivity contribution in [2.45, 2.75) is 38.2 Å². The lowest BCUT2D eigenvalue weighted by Gasteiger charge is -2.10. The molecule has 5 aromatic rings. The molecule has 0 spiro atoms. The first-order valence-corrected chi connectivity index (χ1v) is 12.7. The van der Waals surface area contributed by atoms with Gasteiger partial charge in [-0.15, -0.1) is 0 Å². The highest BCUT2D eigenvalue weighted by molar-refractivity contribution is 7.39. The molecule has 3 N–H and O–H groups in total. The lowest BCUT2D eigenvalue weighted by atomic mass is 10.1. The number of halogens is 4. The van der Waals surface area contributed by atoms with Crippen LogP contribution in [0, 0.1) is 5.95 Å². The lowest BCUT2D eigenvalue weighted by molar-refractivity contribution is -0.141. The van der Waals surface area contributed by atoms with Gasteiger partial charge in [0.05, 0.1) is 23.7 Å². The predicted molar refractivity (Wildman–Crippen MR) is 131 cm³/mol. The minimum atomic E-state index is -4.27. The summed E-state index contributed by atoms with van der Waals surface area (Å²) in [6.45, 7) is -1.58. The Bertz CT molecular complexity index is 1790. The molecule has 5 heterocycles. The van der Waals surface area contributed by atoms with Gasteiger partial charge in [0.1, 0.15) is 13.3 Å². The van der Waals surface area contributed by atoms with E-state index in [0.717, 1.165) is 38.4 Å². The van der Waals surface area contributed by atoms with Gasteiger partial charge in [-0.2, -0.15) is 32.3 Å². The number of rotatable bonds is 6. The molecule has 0 aliphatic heterocycles. The normalized spacial score (nSPS) is 13.7. The van der Waals surface area contributed by atoms with E-state index in [4.69, 9.17) is 9.79 Å². The summed E-state index contributed by atoms with van der Waals surface area (Å²) in [6.07, 6.45) is 2.66. The molecule has 5 aromatic heterocycles. The highest BCUT2D eigenvalue weighted by Crippen LogP contribution is 2.42. The number of alkyl halides is 3. The van der Waals surface area contributed by atoms with Crippen LogP contribution >= 0.6 is 8.60 Å². The molecule has 1 aliphatic rings. The monoisotopic (exact) mass is 582 g/mol. The third kappa shape index (κ3) is 6.07. The second kappa shape index (κ2) is 10.8. The molecule has 6 rings (SSSR count). The molecule has 0 bridgehead atoms. The van der Waals surface area contributed by atoms with E-state index >= 15 is 0 Å². The molecule has 18 heteroatoms. The molecule has 0 aromatic carbocycles. The minimum Gasteiger partial charge on any atom is -0.328 e. The highest BCUT2D eigenvalue weighted by atomic mass is 31.2. The van der Waals surface area contributed by atoms with Gasteiger partial charge in [-0.3, -0.25) is 18.9 Å². The summed E-state index contributed by atoms with van der Waals surface area (Å²) in [4.78, 5) is 51.7. The first kappa shape index (κ1) is 27.5. The van der Waals surface area contributed by atoms with Crippen molar-refractivity contribution >= 4 is 25.3 Å². The molecule has 1 fully saturated rings. The maximum absolute atomic E-state index is 14.0. The van der Waals surface area contributed by atoms with E-state index in [1.807, 2.05) is 0 Å². The number of imidazole rings is 1. The van der Waals surface area contributed by atoms with Gasteiger partial charge < -0.3 is 9.79 Å². The second-order valence-corrected chi connectivity index (χ2v) is 9.46. The number of hydrogen-bond donors (Lipinski definition) is 3. The van der Waals surface area contributed by atoms with Crippen molar-refractivity contribution in [3.05, 3.63) is 75.3 Å². The van der Waals surface area contributed by atoms with Gasteiger partial charge in [-0.1, -0.05) is 0 Å². The average Bonchev–Trinajstić information content (AvgIpc) is 3.57.